The lowest BCUT2D eigenvalue weighted by Crippen LogP contribution is -2.40. The van der Waals surface area contributed by atoms with Gasteiger partial charge in [0.1, 0.15) is 5.78 Å². The van der Waals surface area contributed by atoms with Crippen LogP contribution in [0.15, 0.2) is 0 Å². The minimum Gasteiger partial charge on any atom is -0.469 e. The fourth-order valence-corrected chi connectivity index (χ4v) is 1.65. The molecule has 4 heteroatoms. The second kappa shape index (κ2) is 5.10. The number of rotatable bonds is 3. The molecule has 0 aromatic rings. The molecule has 0 bridgehead atoms. The van der Waals surface area contributed by atoms with Crippen molar-refractivity contribution in [3.05, 3.63) is 0 Å². The molecule has 1 unspecified atom stereocenters. The van der Waals surface area contributed by atoms with Crippen LogP contribution in [0.4, 0.5) is 0 Å². The second-order valence-electron chi connectivity index (χ2n) is 3.74. The molecule has 4 nitrogen and oxygen atoms in total. The van der Waals surface area contributed by atoms with Gasteiger partial charge in [0.25, 0.3) is 0 Å². The van der Waals surface area contributed by atoms with E-state index in [1.165, 1.54) is 7.11 Å². The van der Waals surface area contributed by atoms with Gasteiger partial charge < -0.3 is 9.64 Å². The maximum Gasteiger partial charge on any atom is 0.306 e. The first-order valence-corrected chi connectivity index (χ1v) is 4.95. The summed E-state index contributed by atoms with van der Waals surface area (Å²) >= 11 is 0. The van der Waals surface area contributed by atoms with Crippen molar-refractivity contribution in [2.45, 2.75) is 19.8 Å². The van der Waals surface area contributed by atoms with Gasteiger partial charge in [0, 0.05) is 32.0 Å². The van der Waals surface area contributed by atoms with E-state index in [9.17, 15) is 9.59 Å². The lowest BCUT2D eigenvalue weighted by molar-refractivity contribution is -0.141. The molecule has 0 radical (unpaired) electrons. The largest absolute Gasteiger partial charge is 0.469 e. The Balaban J connectivity index is 2.26. The first-order chi connectivity index (χ1) is 6.63. The summed E-state index contributed by atoms with van der Waals surface area (Å²) in [5.41, 5.74) is 0. The molecule has 0 aliphatic carbocycles. The summed E-state index contributed by atoms with van der Waals surface area (Å²) in [7, 11) is 1.39. The van der Waals surface area contributed by atoms with Crippen molar-refractivity contribution >= 4 is 11.8 Å². The Hall–Kier alpha value is -0.900. The van der Waals surface area contributed by atoms with Gasteiger partial charge in [0.05, 0.1) is 13.5 Å². The number of hydrogen-bond acceptors (Lipinski definition) is 4. The van der Waals surface area contributed by atoms with E-state index < -0.39 is 0 Å². The van der Waals surface area contributed by atoms with Crippen molar-refractivity contribution in [2.75, 3.05) is 26.7 Å². The monoisotopic (exact) mass is 199 g/mol. The number of likely N-dealkylation sites (tertiary alicyclic amines) is 1. The number of hydrogen-bond donors (Lipinski definition) is 0. The van der Waals surface area contributed by atoms with Gasteiger partial charge in [-0.1, -0.05) is 6.92 Å². The zero-order valence-electron chi connectivity index (χ0n) is 8.78. The zero-order valence-corrected chi connectivity index (χ0v) is 8.78. The topological polar surface area (TPSA) is 46.6 Å². The summed E-state index contributed by atoms with van der Waals surface area (Å²) < 4.78 is 4.56. The minimum absolute atomic E-state index is 0.112. The Morgan fingerprint density at radius 1 is 1.64 bits per heavy atom. The molecule has 1 heterocycles. The molecule has 0 amide bonds. The highest BCUT2D eigenvalue weighted by atomic mass is 16.5. The lowest BCUT2D eigenvalue weighted by atomic mass is 9.98. The highest BCUT2D eigenvalue weighted by Crippen LogP contribution is 2.12. The first kappa shape index (κ1) is 11.2. The van der Waals surface area contributed by atoms with Crippen molar-refractivity contribution < 1.29 is 14.3 Å². The fourth-order valence-electron chi connectivity index (χ4n) is 1.65. The summed E-state index contributed by atoms with van der Waals surface area (Å²) in [6.07, 6.45) is 1.03. The van der Waals surface area contributed by atoms with E-state index in [0.717, 1.165) is 13.1 Å². The number of nitrogens with zero attached hydrogens (tertiary/aromatic N) is 1. The van der Waals surface area contributed by atoms with Crippen LogP contribution in [-0.2, 0) is 14.3 Å². The Morgan fingerprint density at radius 3 is 2.93 bits per heavy atom. The van der Waals surface area contributed by atoms with Crippen LogP contribution in [0.25, 0.3) is 0 Å². The summed E-state index contributed by atoms with van der Waals surface area (Å²) in [5, 5.41) is 0. The van der Waals surface area contributed by atoms with Crippen LogP contribution >= 0.6 is 0 Å². The van der Waals surface area contributed by atoms with E-state index in [4.69, 9.17) is 0 Å². The molecule has 1 rings (SSSR count). The van der Waals surface area contributed by atoms with E-state index in [1.807, 2.05) is 6.92 Å². The van der Waals surface area contributed by atoms with Gasteiger partial charge in [-0.3, -0.25) is 9.59 Å². The Morgan fingerprint density at radius 2 is 2.36 bits per heavy atom. The molecular formula is C10H17NO3. The van der Waals surface area contributed by atoms with Gasteiger partial charge in [0.15, 0.2) is 0 Å². The third-order valence-corrected chi connectivity index (χ3v) is 2.62. The number of Topliss-reactive ketones (excluding diaryl/α,β-unsaturated/α-hetero) is 1. The predicted octanol–water partition coefficient (Wildman–Crippen LogP) is 0.460. The van der Waals surface area contributed by atoms with Gasteiger partial charge in [-0.25, -0.2) is 0 Å². The number of piperidine rings is 1. The lowest BCUT2D eigenvalue weighted by Gasteiger charge is -2.29. The summed E-state index contributed by atoms with van der Waals surface area (Å²) in [4.78, 5) is 24.2. The first-order valence-electron chi connectivity index (χ1n) is 4.95. The second-order valence-corrected chi connectivity index (χ2v) is 3.74. The molecule has 0 spiro atoms. The van der Waals surface area contributed by atoms with E-state index in [-0.39, 0.29) is 11.9 Å². The molecule has 1 aliphatic rings. The highest BCUT2D eigenvalue weighted by molar-refractivity contribution is 5.81. The SMILES string of the molecule is COC(=O)CCN1CCC(=O)C(C)C1. The molecule has 1 saturated heterocycles. The van der Waals surface area contributed by atoms with Crippen LogP contribution < -0.4 is 0 Å². The van der Waals surface area contributed by atoms with Crippen molar-refractivity contribution in [1.29, 1.82) is 0 Å². The number of methoxy groups -OCH3 is 1. The van der Waals surface area contributed by atoms with Crippen LogP contribution in [0.3, 0.4) is 0 Å². The number of carbonyl (C=O) groups excluding carboxylic acids is 2. The van der Waals surface area contributed by atoms with E-state index in [1.54, 1.807) is 0 Å². The van der Waals surface area contributed by atoms with Gasteiger partial charge >= 0.3 is 5.97 Å². The maximum absolute atomic E-state index is 11.2. The quantitative estimate of drug-likeness (QED) is 0.619. The van der Waals surface area contributed by atoms with Gasteiger partial charge in [-0.15, -0.1) is 0 Å². The number of carbonyl (C=O) groups is 2. The molecular weight excluding hydrogens is 182 g/mol. The molecule has 80 valence electrons. The number of ether oxygens (including phenoxy) is 1. The third-order valence-electron chi connectivity index (χ3n) is 2.62. The Bertz CT molecular complexity index is 227. The molecule has 0 saturated carbocycles. The number of esters is 1. The van der Waals surface area contributed by atoms with Crippen molar-refractivity contribution in [3.8, 4) is 0 Å². The van der Waals surface area contributed by atoms with Crippen LogP contribution in [0.5, 0.6) is 0 Å². The Kier molecular flexibility index (Phi) is 4.07. The highest BCUT2D eigenvalue weighted by Gasteiger charge is 2.23. The molecule has 0 aromatic heterocycles. The molecule has 1 atom stereocenters. The third kappa shape index (κ3) is 3.10. The predicted molar refractivity (Wildman–Crippen MR) is 51.9 cm³/mol. The van der Waals surface area contributed by atoms with E-state index in [2.05, 4.69) is 9.64 Å². The molecule has 1 aliphatic heterocycles. The zero-order chi connectivity index (χ0) is 10.6. The van der Waals surface area contributed by atoms with Crippen LogP contribution in [0.1, 0.15) is 19.8 Å². The van der Waals surface area contributed by atoms with Crippen molar-refractivity contribution in [3.63, 3.8) is 0 Å². The summed E-state index contributed by atoms with van der Waals surface area (Å²) in [6, 6.07) is 0. The standard InChI is InChI=1S/C10H17NO3/c1-8-7-11(5-3-9(8)12)6-4-10(13)14-2/h8H,3-7H2,1-2H3. The summed E-state index contributed by atoms with van der Waals surface area (Å²) in [6.45, 7) is 4.19. The fraction of sp³-hybridized carbons (Fsp3) is 0.800. The summed E-state index contributed by atoms with van der Waals surface area (Å²) in [5.74, 6) is 0.260. The average molecular weight is 199 g/mol. The van der Waals surface area contributed by atoms with Gasteiger partial charge in [0.2, 0.25) is 0 Å². The molecule has 0 N–H and O–H groups in total. The van der Waals surface area contributed by atoms with E-state index in [0.29, 0.717) is 25.2 Å². The van der Waals surface area contributed by atoms with Gasteiger partial charge in [-0.2, -0.15) is 0 Å². The molecule has 1 fully saturated rings. The normalized spacial score (nSPS) is 23.6. The smallest absolute Gasteiger partial charge is 0.306 e. The Labute approximate surface area is 84.2 Å². The van der Waals surface area contributed by atoms with Gasteiger partial charge in [-0.05, 0) is 0 Å². The van der Waals surface area contributed by atoms with Crippen LogP contribution in [0.2, 0.25) is 0 Å². The van der Waals surface area contributed by atoms with Crippen molar-refractivity contribution in [2.24, 2.45) is 5.92 Å². The molecule has 14 heavy (non-hydrogen) atoms. The van der Waals surface area contributed by atoms with Crippen LogP contribution in [0, 0.1) is 5.92 Å². The van der Waals surface area contributed by atoms with Crippen molar-refractivity contribution in [1.82, 2.24) is 4.90 Å². The minimum atomic E-state index is -0.186. The molecule has 0 aromatic carbocycles. The van der Waals surface area contributed by atoms with E-state index >= 15 is 0 Å². The maximum atomic E-state index is 11.2. The average Bonchev–Trinajstić information content (AvgIpc) is 2.19. The van der Waals surface area contributed by atoms with Crippen LogP contribution in [-0.4, -0.2) is 43.4 Å². The number of ketones is 1.